The average molecular weight is 167 g/mol. The lowest BCUT2D eigenvalue weighted by atomic mass is 10.3. The summed E-state index contributed by atoms with van der Waals surface area (Å²) in [5.74, 6) is 2.25. The second-order valence-corrected chi connectivity index (χ2v) is 3.28. The SMILES string of the molecule is NCCc1nnc(CC2CC2)o1. The summed E-state index contributed by atoms with van der Waals surface area (Å²) in [6, 6.07) is 0. The molecule has 1 aromatic rings. The lowest BCUT2D eigenvalue weighted by Crippen LogP contribution is -2.02. The van der Waals surface area contributed by atoms with Crippen LogP contribution in [0.15, 0.2) is 4.42 Å². The van der Waals surface area contributed by atoms with Gasteiger partial charge in [0.2, 0.25) is 11.8 Å². The van der Waals surface area contributed by atoms with Gasteiger partial charge >= 0.3 is 0 Å². The summed E-state index contributed by atoms with van der Waals surface area (Å²) in [5, 5.41) is 7.83. The predicted molar refractivity (Wildman–Crippen MR) is 43.5 cm³/mol. The van der Waals surface area contributed by atoms with E-state index in [0.29, 0.717) is 18.9 Å². The molecule has 1 aromatic heterocycles. The molecule has 12 heavy (non-hydrogen) atoms. The van der Waals surface area contributed by atoms with E-state index in [1.54, 1.807) is 0 Å². The number of nitrogens with two attached hydrogens (primary N) is 1. The Bertz CT molecular complexity index is 255. The Kier molecular flexibility index (Phi) is 2.08. The second-order valence-electron chi connectivity index (χ2n) is 3.28. The Balaban J connectivity index is 1.92. The molecule has 1 aliphatic rings. The van der Waals surface area contributed by atoms with Crippen LogP contribution in [0, 0.1) is 5.92 Å². The molecule has 0 atom stereocenters. The first-order valence-electron chi connectivity index (χ1n) is 4.40. The Morgan fingerprint density at radius 3 is 2.75 bits per heavy atom. The fourth-order valence-electron chi connectivity index (χ4n) is 1.16. The molecule has 1 saturated carbocycles. The molecule has 2 rings (SSSR count). The quantitative estimate of drug-likeness (QED) is 0.710. The van der Waals surface area contributed by atoms with Gasteiger partial charge in [0.25, 0.3) is 0 Å². The van der Waals surface area contributed by atoms with Gasteiger partial charge in [-0.25, -0.2) is 0 Å². The van der Waals surface area contributed by atoms with Crippen molar-refractivity contribution in [2.45, 2.75) is 25.7 Å². The summed E-state index contributed by atoms with van der Waals surface area (Å²) >= 11 is 0. The molecule has 4 nitrogen and oxygen atoms in total. The minimum atomic E-state index is 0.574. The number of nitrogens with zero attached hydrogens (tertiary/aromatic N) is 2. The van der Waals surface area contributed by atoms with Crippen LogP contribution in [0.4, 0.5) is 0 Å². The van der Waals surface area contributed by atoms with Crippen LogP contribution < -0.4 is 5.73 Å². The fraction of sp³-hybridized carbons (Fsp3) is 0.750. The molecular formula is C8H13N3O. The van der Waals surface area contributed by atoms with Crippen molar-refractivity contribution in [2.24, 2.45) is 11.7 Å². The van der Waals surface area contributed by atoms with Gasteiger partial charge in [0, 0.05) is 19.4 Å². The smallest absolute Gasteiger partial charge is 0.217 e. The third-order valence-electron chi connectivity index (χ3n) is 2.03. The molecule has 1 heterocycles. The second kappa shape index (κ2) is 3.23. The van der Waals surface area contributed by atoms with Crippen LogP contribution in [-0.2, 0) is 12.8 Å². The highest BCUT2D eigenvalue weighted by Gasteiger charge is 2.24. The molecule has 0 spiro atoms. The molecular weight excluding hydrogens is 154 g/mol. The summed E-state index contributed by atoms with van der Waals surface area (Å²) in [7, 11) is 0. The number of hydrogen-bond acceptors (Lipinski definition) is 4. The maximum Gasteiger partial charge on any atom is 0.217 e. The monoisotopic (exact) mass is 167 g/mol. The van der Waals surface area contributed by atoms with Crippen LogP contribution >= 0.6 is 0 Å². The van der Waals surface area contributed by atoms with Crippen LogP contribution in [0.5, 0.6) is 0 Å². The van der Waals surface area contributed by atoms with Gasteiger partial charge in [-0.1, -0.05) is 0 Å². The van der Waals surface area contributed by atoms with Crippen molar-refractivity contribution in [2.75, 3.05) is 6.54 Å². The van der Waals surface area contributed by atoms with Gasteiger partial charge in [-0.15, -0.1) is 10.2 Å². The van der Waals surface area contributed by atoms with E-state index in [1.807, 2.05) is 0 Å². The van der Waals surface area contributed by atoms with Gasteiger partial charge in [0.05, 0.1) is 0 Å². The molecule has 1 fully saturated rings. The van der Waals surface area contributed by atoms with Crippen LogP contribution in [0.3, 0.4) is 0 Å². The van der Waals surface area contributed by atoms with Gasteiger partial charge in [-0.05, 0) is 18.8 Å². The van der Waals surface area contributed by atoms with Crippen molar-refractivity contribution in [3.63, 3.8) is 0 Å². The Morgan fingerprint density at radius 1 is 1.33 bits per heavy atom. The van der Waals surface area contributed by atoms with Gasteiger partial charge < -0.3 is 10.2 Å². The molecule has 1 aliphatic carbocycles. The van der Waals surface area contributed by atoms with Crippen LogP contribution in [-0.4, -0.2) is 16.7 Å². The summed E-state index contributed by atoms with van der Waals surface area (Å²) in [6.45, 7) is 0.574. The zero-order chi connectivity index (χ0) is 8.39. The topological polar surface area (TPSA) is 64.9 Å². The molecule has 2 N–H and O–H groups in total. The minimum Gasteiger partial charge on any atom is -0.425 e. The van der Waals surface area contributed by atoms with E-state index >= 15 is 0 Å². The van der Waals surface area contributed by atoms with Crippen molar-refractivity contribution < 1.29 is 4.42 Å². The zero-order valence-corrected chi connectivity index (χ0v) is 6.99. The molecule has 0 radical (unpaired) electrons. The summed E-state index contributed by atoms with van der Waals surface area (Å²) in [6.07, 6.45) is 4.28. The van der Waals surface area contributed by atoms with E-state index in [4.69, 9.17) is 10.2 Å². The molecule has 0 aliphatic heterocycles. The highest BCUT2D eigenvalue weighted by Crippen LogP contribution is 2.32. The van der Waals surface area contributed by atoms with E-state index in [-0.39, 0.29) is 0 Å². The Hall–Kier alpha value is -0.900. The van der Waals surface area contributed by atoms with E-state index in [9.17, 15) is 0 Å². The van der Waals surface area contributed by atoms with Crippen LogP contribution in [0.25, 0.3) is 0 Å². The first-order chi connectivity index (χ1) is 5.88. The first-order valence-corrected chi connectivity index (χ1v) is 4.40. The highest BCUT2D eigenvalue weighted by molar-refractivity contribution is 4.88. The van der Waals surface area contributed by atoms with Gasteiger partial charge in [-0.3, -0.25) is 0 Å². The lowest BCUT2D eigenvalue weighted by molar-refractivity contribution is 0.442. The van der Waals surface area contributed by atoms with Crippen molar-refractivity contribution in [3.05, 3.63) is 11.8 Å². The summed E-state index contributed by atoms with van der Waals surface area (Å²) in [5.41, 5.74) is 5.36. The van der Waals surface area contributed by atoms with E-state index in [0.717, 1.165) is 18.2 Å². The van der Waals surface area contributed by atoms with E-state index in [1.165, 1.54) is 12.8 Å². The molecule has 0 saturated heterocycles. The molecule has 0 amide bonds. The minimum absolute atomic E-state index is 0.574. The highest BCUT2D eigenvalue weighted by atomic mass is 16.4. The maximum atomic E-state index is 5.37. The Labute approximate surface area is 71.2 Å². The number of rotatable bonds is 4. The van der Waals surface area contributed by atoms with E-state index < -0.39 is 0 Å². The third kappa shape index (κ3) is 1.82. The molecule has 66 valence electrons. The predicted octanol–water partition coefficient (Wildman–Crippen LogP) is 0.523. The fourth-order valence-corrected chi connectivity index (χ4v) is 1.16. The number of hydrogen-bond donors (Lipinski definition) is 1. The normalized spacial score (nSPS) is 16.8. The molecule has 0 unspecified atom stereocenters. The van der Waals surface area contributed by atoms with Crippen molar-refractivity contribution in [1.29, 1.82) is 0 Å². The summed E-state index contributed by atoms with van der Waals surface area (Å²) < 4.78 is 5.37. The standard InChI is InChI=1S/C8H13N3O/c9-4-3-7-10-11-8(12-7)5-6-1-2-6/h6H,1-5,9H2. The molecule has 0 aromatic carbocycles. The van der Waals surface area contributed by atoms with Gasteiger partial charge in [-0.2, -0.15) is 0 Å². The Morgan fingerprint density at radius 2 is 2.08 bits per heavy atom. The number of aromatic nitrogens is 2. The lowest BCUT2D eigenvalue weighted by Gasteiger charge is -1.88. The molecule has 4 heteroatoms. The first kappa shape index (κ1) is 7.73. The largest absolute Gasteiger partial charge is 0.425 e. The average Bonchev–Trinajstić information content (AvgIpc) is 2.74. The van der Waals surface area contributed by atoms with Crippen LogP contribution in [0.1, 0.15) is 24.6 Å². The molecule has 0 bridgehead atoms. The van der Waals surface area contributed by atoms with Gasteiger partial charge in [0.15, 0.2) is 0 Å². The summed E-state index contributed by atoms with van der Waals surface area (Å²) in [4.78, 5) is 0. The van der Waals surface area contributed by atoms with Crippen LogP contribution in [0.2, 0.25) is 0 Å². The zero-order valence-electron chi connectivity index (χ0n) is 6.99. The maximum absolute atomic E-state index is 5.37. The van der Waals surface area contributed by atoms with E-state index in [2.05, 4.69) is 10.2 Å². The van der Waals surface area contributed by atoms with Gasteiger partial charge in [0.1, 0.15) is 0 Å². The third-order valence-corrected chi connectivity index (χ3v) is 2.03. The van der Waals surface area contributed by atoms with Crippen molar-refractivity contribution >= 4 is 0 Å². The van der Waals surface area contributed by atoms with Crippen molar-refractivity contribution in [3.8, 4) is 0 Å². The van der Waals surface area contributed by atoms with Crippen molar-refractivity contribution in [1.82, 2.24) is 10.2 Å².